The molecule has 0 aliphatic carbocycles. The van der Waals surface area contributed by atoms with E-state index in [0.717, 1.165) is 36.7 Å². The molecule has 1 atom stereocenters. The van der Waals surface area contributed by atoms with Crippen molar-refractivity contribution in [2.45, 2.75) is 6.04 Å². The molecule has 1 aromatic carbocycles. The Hall–Kier alpha value is -1.26. The van der Waals surface area contributed by atoms with Gasteiger partial charge >= 0.3 is 0 Å². The highest BCUT2D eigenvalue weighted by Gasteiger charge is 2.20. The number of para-hydroxylation sites is 1. The van der Waals surface area contributed by atoms with Gasteiger partial charge < -0.3 is 20.1 Å². The Labute approximate surface area is 95.9 Å². The van der Waals surface area contributed by atoms with Crippen LogP contribution in [0, 0.1) is 0 Å². The van der Waals surface area contributed by atoms with Crippen molar-refractivity contribution >= 4 is 0 Å². The molecule has 0 amide bonds. The van der Waals surface area contributed by atoms with Gasteiger partial charge in [-0.2, -0.15) is 0 Å². The van der Waals surface area contributed by atoms with E-state index >= 15 is 0 Å². The van der Waals surface area contributed by atoms with Gasteiger partial charge in [-0.15, -0.1) is 0 Å². The topological polar surface area (TPSA) is 42.5 Å². The van der Waals surface area contributed by atoms with E-state index in [-0.39, 0.29) is 0 Å². The summed E-state index contributed by atoms with van der Waals surface area (Å²) in [6.45, 7) is 2.91. The van der Waals surface area contributed by atoms with Crippen molar-refractivity contribution in [3.63, 3.8) is 0 Å². The lowest BCUT2D eigenvalue weighted by atomic mass is 10.0. The average molecular weight is 222 g/mol. The van der Waals surface area contributed by atoms with Crippen LogP contribution in [0.15, 0.2) is 18.2 Å². The molecule has 1 aromatic rings. The minimum atomic E-state index is 0.291. The standard InChI is InChI=1S/C12H18N2O2/c1-15-11-5-3-4-9(12(11)16-2)10-8-13-6-7-14-10/h3-5,10,13-14H,6-8H2,1-2H3. The Kier molecular flexibility index (Phi) is 3.64. The van der Waals surface area contributed by atoms with Gasteiger partial charge in [-0.05, 0) is 6.07 Å². The highest BCUT2D eigenvalue weighted by atomic mass is 16.5. The van der Waals surface area contributed by atoms with Gasteiger partial charge in [0.05, 0.1) is 14.2 Å². The molecule has 1 heterocycles. The number of hydrogen-bond donors (Lipinski definition) is 2. The first-order valence-electron chi connectivity index (χ1n) is 5.52. The van der Waals surface area contributed by atoms with E-state index in [9.17, 15) is 0 Å². The third-order valence-electron chi connectivity index (χ3n) is 2.85. The highest BCUT2D eigenvalue weighted by Crippen LogP contribution is 2.34. The predicted molar refractivity (Wildman–Crippen MR) is 63.2 cm³/mol. The molecule has 4 nitrogen and oxygen atoms in total. The zero-order valence-electron chi connectivity index (χ0n) is 9.75. The van der Waals surface area contributed by atoms with Crippen LogP contribution >= 0.6 is 0 Å². The summed E-state index contributed by atoms with van der Waals surface area (Å²) in [5.74, 6) is 1.61. The number of methoxy groups -OCH3 is 2. The highest BCUT2D eigenvalue weighted by molar-refractivity contribution is 5.48. The minimum Gasteiger partial charge on any atom is -0.493 e. The molecule has 2 N–H and O–H groups in total. The van der Waals surface area contributed by atoms with Gasteiger partial charge in [0.1, 0.15) is 0 Å². The van der Waals surface area contributed by atoms with Crippen LogP contribution in [0.5, 0.6) is 11.5 Å². The maximum atomic E-state index is 5.43. The second kappa shape index (κ2) is 5.18. The number of nitrogens with one attached hydrogen (secondary N) is 2. The summed E-state index contributed by atoms with van der Waals surface area (Å²) in [7, 11) is 3.34. The lowest BCUT2D eigenvalue weighted by Crippen LogP contribution is -2.42. The van der Waals surface area contributed by atoms with E-state index in [2.05, 4.69) is 16.7 Å². The molecule has 1 aliphatic heterocycles. The molecular formula is C12H18N2O2. The van der Waals surface area contributed by atoms with Crippen LogP contribution in [0.4, 0.5) is 0 Å². The van der Waals surface area contributed by atoms with E-state index in [1.807, 2.05) is 12.1 Å². The van der Waals surface area contributed by atoms with E-state index < -0.39 is 0 Å². The monoisotopic (exact) mass is 222 g/mol. The molecule has 1 fully saturated rings. The molecule has 0 aromatic heterocycles. The van der Waals surface area contributed by atoms with Crippen LogP contribution in [-0.4, -0.2) is 33.9 Å². The third kappa shape index (κ3) is 2.13. The minimum absolute atomic E-state index is 0.291. The first-order chi connectivity index (χ1) is 7.86. The third-order valence-corrected chi connectivity index (χ3v) is 2.85. The normalized spacial score (nSPS) is 20.5. The van der Waals surface area contributed by atoms with Gasteiger partial charge in [-0.25, -0.2) is 0 Å². The summed E-state index contributed by atoms with van der Waals surface area (Å²) >= 11 is 0. The molecule has 0 bridgehead atoms. The van der Waals surface area contributed by atoms with Crippen molar-refractivity contribution in [1.29, 1.82) is 0 Å². The molecule has 1 aliphatic rings. The quantitative estimate of drug-likeness (QED) is 0.798. The largest absolute Gasteiger partial charge is 0.493 e. The van der Waals surface area contributed by atoms with Gasteiger partial charge in [-0.3, -0.25) is 0 Å². The molecule has 0 radical (unpaired) electrons. The molecule has 0 spiro atoms. The number of benzene rings is 1. The predicted octanol–water partition coefficient (Wildman–Crippen LogP) is 0.938. The fourth-order valence-electron chi connectivity index (χ4n) is 2.06. The second-order valence-electron chi connectivity index (χ2n) is 3.79. The van der Waals surface area contributed by atoms with Crippen LogP contribution in [0.25, 0.3) is 0 Å². The molecule has 88 valence electrons. The van der Waals surface area contributed by atoms with Crippen molar-refractivity contribution in [1.82, 2.24) is 10.6 Å². The Morgan fingerprint density at radius 1 is 1.19 bits per heavy atom. The first kappa shape index (κ1) is 11.2. The van der Waals surface area contributed by atoms with Gasteiger partial charge in [0.25, 0.3) is 0 Å². The zero-order valence-corrected chi connectivity index (χ0v) is 9.75. The number of piperazine rings is 1. The van der Waals surface area contributed by atoms with Gasteiger partial charge in [0, 0.05) is 31.2 Å². The zero-order chi connectivity index (χ0) is 11.4. The van der Waals surface area contributed by atoms with E-state index in [0.29, 0.717) is 6.04 Å². The van der Waals surface area contributed by atoms with E-state index in [4.69, 9.17) is 9.47 Å². The molecule has 16 heavy (non-hydrogen) atoms. The number of ether oxygens (including phenoxy) is 2. The Morgan fingerprint density at radius 2 is 2.06 bits per heavy atom. The fourth-order valence-corrected chi connectivity index (χ4v) is 2.06. The van der Waals surface area contributed by atoms with Crippen molar-refractivity contribution in [3.8, 4) is 11.5 Å². The molecular weight excluding hydrogens is 204 g/mol. The summed E-state index contributed by atoms with van der Waals surface area (Å²) < 4.78 is 10.7. The molecule has 1 saturated heterocycles. The van der Waals surface area contributed by atoms with Crippen LogP contribution in [0.1, 0.15) is 11.6 Å². The Bertz CT molecular complexity index is 349. The van der Waals surface area contributed by atoms with Crippen LogP contribution in [0.2, 0.25) is 0 Å². The van der Waals surface area contributed by atoms with Crippen molar-refractivity contribution < 1.29 is 9.47 Å². The average Bonchev–Trinajstić information content (AvgIpc) is 2.38. The molecule has 4 heteroatoms. The van der Waals surface area contributed by atoms with Crippen LogP contribution in [0.3, 0.4) is 0 Å². The summed E-state index contributed by atoms with van der Waals surface area (Å²) in [5.41, 5.74) is 1.15. The molecule has 0 saturated carbocycles. The maximum absolute atomic E-state index is 5.43. The first-order valence-corrected chi connectivity index (χ1v) is 5.52. The number of hydrogen-bond acceptors (Lipinski definition) is 4. The smallest absolute Gasteiger partial charge is 0.165 e. The maximum Gasteiger partial charge on any atom is 0.165 e. The lowest BCUT2D eigenvalue weighted by Gasteiger charge is -2.26. The summed E-state index contributed by atoms with van der Waals surface area (Å²) in [5, 5.41) is 6.83. The SMILES string of the molecule is COc1cccc(C2CNCCN2)c1OC. The summed E-state index contributed by atoms with van der Waals surface area (Å²) in [6.07, 6.45) is 0. The molecule has 2 rings (SSSR count). The van der Waals surface area contributed by atoms with E-state index in [1.54, 1.807) is 14.2 Å². The van der Waals surface area contributed by atoms with E-state index in [1.165, 1.54) is 0 Å². The van der Waals surface area contributed by atoms with Gasteiger partial charge in [-0.1, -0.05) is 12.1 Å². The fraction of sp³-hybridized carbons (Fsp3) is 0.500. The van der Waals surface area contributed by atoms with Gasteiger partial charge in [0.15, 0.2) is 11.5 Å². The van der Waals surface area contributed by atoms with Crippen molar-refractivity contribution in [2.75, 3.05) is 33.9 Å². The van der Waals surface area contributed by atoms with Crippen LogP contribution in [-0.2, 0) is 0 Å². The Balaban J connectivity index is 2.30. The second-order valence-corrected chi connectivity index (χ2v) is 3.79. The number of rotatable bonds is 3. The lowest BCUT2D eigenvalue weighted by molar-refractivity contribution is 0.341. The van der Waals surface area contributed by atoms with Gasteiger partial charge in [0.2, 0.25) is 0 Å². The Morgan fingerprint density at radius 3 is 2.69 bits per heavy atom. The summed E-state index contributed by atoms with van der Waals surface area (Å²) in [4.78, 5) is 0. The summed E-state index contributed by atoms with van der Waals surface area (Å²) in [6, 6.07) is 6.27. The van der Waals surface area contributed by atoms with Crippen LogP contribution < -0.4 is 20.1 Å². The van der Waals surface area contributed by atoms with Crippen molar-refractivity contribution in [2.24, 2.45) is 0 Å². The van der Waals surface area contributed by atoms with Crippen molar-refractivity contribution in [3.05, 3.63) is 23.8 Å². The molecule has 1 unspecified atom stereocenters.